The van der Waals surface area contributed by atoms with Crippen molar-refractivity contribution in [3.05, 3.63) is 29.8 Å². The van der Waals surface area contributed by atoms with E-state index in [1.165, 1.54) is 12.1 Å². The highest BCUT2D eigenvalue weighted by atomic mass is 32.2. The summed E-state index contributed by atoms with van der Waals surface area (Å²) in [4.78, 5) is 21.0. The second-order valence-corrected chi connectivity index (χ2v) is 5.46. The second-order valence-electron chi connectivity index (χ2n) is 3.75. The van der Waals surface area contributed by atoms with E-state index in [2.05, 4.69) is 0 Å². The molecule has 0 amide bonds. The van der Waals surface area contributed by atoms with Gasteiger partial charge in [0.2, 0.25) is 10.0 Å². The Morgan fingerprint density at radius 3 is 2.20 bits per heavy atom. The van der Waals surface area contributed by atoms with Gasteiger partial charge in [0.25, 0.3) is 0 Å². The third-order valence-corrected chi connectivity index (χ3v) is 3.76. The predicted octanol–water partition coefficient (Wildman–Crippen LogP) is -0.236. The lowest BCUT2D eigenvalue weighted by Gasteiger charge is -2.12. The molecule has 0 aliphatic carbocycles. The Labute approximate surface area is 114 Å². The molecule has 106 valence electrons. The molecule has 0 heterocycles. The third kappa shape index (κ3) is 4.04. The molecule has 8 nitrogen and oxygen atoms in total. The Morgan fingerprint density at radius 1 is 1.25 bits per heavy atom. The van der Waals surface area contributed by atoms with Crippen LogP contribution in [-0.2, 0) is 19.6 Å². The zero-order valence-corrected chi connectivity index (χ0v) is 10.8. The molecule has 1 atom stereocenters. The number of carbonyl (C=O) groups is 2. The summed E-state index contributed by atoms with van der Waals surface area (Å²) in [6.07, 6.45) is -0.884. The van der Waals surface area contributed by atoms with Gasteiger partial charge in [0, 0.05) is 0 Å². The van der Waals surface area contributed by atoms with E-state index in [1.54, 1.807) is 10.8 Å². The Morgan fingerprint density at radius 2 is 1.80 bits per heavy atom. The van der Waals surface area contributed by atoms with Gasteiger partial charge in [-0.1, -0.05) is 0 Å². The molecule has 3 N–H and O–H groups in total. The van der Waals surface area contributed by atoms with Crippen molar-refractivity contribution in [2.75, 3.05) is 0 Å². The average molecular weight is 298 g/mol. The van der Waals surface area contributed by atoms with Crippen molar-refractivity contribution in [2.45, 2.75) is 17.4 Å². The zero-order chi connectivity index (χ0) is 15.3. The van der Waals surface area contributed by atoms with Crippen LogP contribution in [0.5, 0.6) is 0 Å². The van der Waals surface area contributed by atoms with Crippen LogP contribution in [0.3, 0.4) is 0 Å². The number of nitriles is 1. The summed E-state index contributed by atoms with van der Waals surface area (Å²) in [6.45, 7) is 0. The van der Waals surface area contributed by atoms with E-state index in [1.807, 2.05) is 0 Å². The van der Waals surface area contributed by atoms with E-state index in [4.69, 9.17) is 15.5 Å². The lowest BCUT2D eigenvalue weighted by molar-refractivity contribution is -0.145. The number of nitrogens with zero attached hydrogens (tertiary/aromatic N) is 1. The van der Waals surface area contributed by atoms with Crippen molar-refractivity contribution < 1.29 is 28.2 Å². The number of carboxylic acid groups (broad SMARTS) is 2. The second kappa shape index (κ2) is 6.14. The van der Waals surface area contributed by atoms with E-state index in [9.17, 15) is 18.0 Å². The van der Waals surface area contributed by atoms with Crippen molar-refractivity contribution in [2.24, 2.45) is 0 Å². The van der Waals surface area contributed by atoms with Gasteiger partial charge in [0.05, 0.1) is 22.9 Å². The average Bonchev–Trinajstić information content (AvgIpc) is 2.37. The minimum Gasteiger partial charge on any atom is -0.481 e. The summed E-state index contributed by atoms with van der Waals surface area (Å²) in [5.74, 6) is -3.04. The van der Waals surface area contributed by atoms with Gasteiger partial charge in [-0.25, -0.2) is 8.42 Å². The van der Waals surface area contributed by atoms with Gasteiger partial charge < -0.3 is 10.2 Å². The standard InChI is InChI=1S/C11H10N2O6S/c12-6-7-1-3-8(4-2-7)20(18,19)13-9(11(16)17)5-10(14)15/h1-4,9,13H,5H2,(H,14,15)(H,16,17). The number of rotatable bonds is 6. The molecule has 0 aliphatic rings. The van der Waals surface area contributed by atoms with Crippen molar-refractivity contribution in [1.82, 2.24) is 4.72 Å². The summed E-state index contributed by atoms with van der Waals surface area (Å²) in [5, 5.41) is 25.9. The maximum absolute atomic E-state index is 11.9. The molecule has 0 saturated carbocycles. The molecule has 9 heteroatoms. The smallest absolute Gasteiger partial charge is 0.322 e. The molecule has 0 aliphatic heterocycles. The first-order valence-corrected chi connectivity index (χ1v) is 6.71. The molecule has 0 aromatic heterocycles. The highest BCUT2D eigenvalue weighted by Gasteiger charge is 2.27. The molecular formula is C11H10N2O6S. The van der Waals surface area contributed by atoms with E-state index >= 15 is 0 Å². The van der Waals surface area contributed by atoms with Gasteiger partial charge in [-0.05, 0) is 24.3 Å². The lowest BCUT2D eigenvalue weighted by atomic mass is 10.2. The Hall–Kier alpha value is -2.44. The van der Waals surface area contributed by atoms with Crippen LogP contribution in [0.15, 0.2) is 29.2 Å². The van der Waals surface area contributed by atoms with Crippen LogP contribution in [-0.4, -0.2) is 36.6 Å². The fourth-order valence-corrected chi connectivity index (χ4v) is 2.51. The first-order chi connectivity index (χ1) is 9.26. The van der Waals surface area contributed by atoms with Crippen LogP contribution in [0.25, 0.3) is 0 Å². The van der Waals surface area contributed by atoms with Gasteiger partial charge in [0.15, 0.2) is 0 Å². The quantitative estimate of drug-likeness (QED) is 0.657. The summed E-state index contributed by atoms with van der Waals surface area (Å²) in [5.41, 5.74) is 0.240. The number of benzene rings is 1. The molecule has 0 radical (unpaired) electrons. The van der Waals surface area contributed by atoms with Gasteiger partial charge in [-0.15, -0.1) is 0 Å². The maximum Gasteiger partial charge on any atom is 0.322 e. The Balaban J connectivity index is 3.00. The minimum absolute atomic E-state index is 0.240. The summed E-state index contributed by atoms with van der Waals surface area (Å²) < 4.78 is 25.5. The highest BCUT2D eigenvalue weighted by molar-refractivity contribution is 7.89. The van der Waals surface area contributed by atoms with Crippen LogP contribution in [0.4, 0.5) is 0 Å². The first kappa shape index (κ1) is 15.6. The number of carboxylic acids is 2. The normalized spacial score (nSPS) is 12.3. The van der Waals surface area contributed by atoms with Crippen molar-refractivity contribution in [1.29, 1.82) is 5.26 Å². The van der Waals surface area contributed by atoms with E-state index in [0.717, 1.165) is 12.1 Å². The Bertz CT molecular complexity index is 659. The number of aliphatic carboxylic acids is 2. The van der Waals surface area contributed by atoms with E-state index in [-0.39, 0.29) is 10.5 Å². The van der Waals surface area contributed by atoms with Crippen molar-refractivity contribution >= 4 is 22.0 Å². The number of hydrogen-bond acceptors (Lipinski definition) is 5. The predicted molar refractivity (Wildman–Crippen MR) is 65.2 cm³/mol. The largest absolute Gasteiger partial charge is 0.481 e. The van der Waals surface area contributed by atoms with Gasteiger partial charge in [0.1, 0.15) is 6.04 Å². The van der Waals surface area contributed by atoms with E-state index < -0.39 is 34.4 Å². The molecule has 20 heavy (non-hydrogen) atoms. The summed E-state index contributed by atoms with van der Waals surface area (Å²) in [7, 11) is -4.18. The monoisotopic (exact) mass is 298 g/mol. The molecule has 0 bridgehead atoms. The molecule has 0 saturated heterocycles. The SMILES string of the molecule is N#Cc1ccc(S(=O)(=O)NC(CC(=O)O)C(=O)O)cc1. The zero-order valence-electron chi connectivity index (χ0n) is 9.98. The molecule has 1 aromatic rings. The van der Waals surface area contributed by atoms with Crippen LogP contribution >= 0.6 is 0 Å². The van der Waals surface area contributed by atoms with Crippen LogP contribution in [0.1, 0.15) is 12.0 Å². The van der Waals surface area contributed by atoms with Crippen molar-refractivity contribution in [3.8, 4) is 6.07 Å². The van der Waals surface area contributed by atoms with Gasteiger partial charge >= 0.3 is 11.9 Å². The number of hydrogen-bond donors (Lipinski definition) is 3. The highest BCUT2D eigenvalue weighted by Crippen LogP contribution is 2.11. The summed E-state index contributed by atoms with van der Waals surface area (Å²) >= 11 is 0. The van der Waals surface area contributed by atoms with Crippen LogP contribution in [0.2, 0.25) is 0 Å². The fourth-order valence-electron chi connectivity index (χ4n) is 1.32. The maximum atomic E-state index is 11.9. The van der Waals surface area contributed by atoms with Crippen LogP contribution in [0, 0.1) is 11.3 Å². The molecule has 1 rings (SSSR count). The molecular weight excluding hydrogens is 288 g/mol. The van der Waals surface area contributed by atoms with Gasteiger partial charge in [-0.2, -0.15) is 9.98 Å². The molecule has 0 spiro atoms. The van der Waals surface area contributed by atoms with Gasteiger partial charge in [-0.3, -0.25) is 9.59 Å². The van der Waals surface area contributed by atoms with E-state index in [0.29, 0.717) is 0 Å². The topological polar surface area (TPSA) is 145 Å². The minimum atomic E-state index is -4.18. The fraction of sp³-hybridized carbons (Fsp3) is 0.182. The van der Waals surface area contributed by atoms with Crippen molar-refractivity contribution in [3.63, 3.8) is 0 Å². The molecule has 1 aromatic carbocycles. The summed E-state index contributed by atoms with van der Waals surface area (Å²) in [6, 6.07) is 4.79. The first-order valence-electron chi connectivity index (χ1n) is 5.23. The molecule has 0 fully saturated rings. The number of nitrogens with one attached hydrogen (secondary N) is 1. The van der Waals surface area contributed by atoms with Crippen LogP contribution < -0.4 is 4.72 Å². The lowest BCUT2D eigenvalue weighted by Crippen LogP contribution is -2.42. The number of sulfonamides is 1. The Kier molecular flexibility index (Phi) is 4.79. The third-order valence-electron chi connectivity index (χ3n) is 2.27. The molecule has 1 unspecified atom stereocenters.